The Kier molecular flexibility index (Phi) is 2.91. The number of halogens is 3. The van der Waals surface area contributed by atoms with E-state index >= 15 is 0 Å². The molecule has 0 unspecified atom stereocenters. The van der Waals surface area contributed by atoms with Crippen molar-refractivity contribution in [3.8, 4) is 0 Å². The lowest BCUT2D eigenvalue weighted by Gasteiger charge is -2.12. The zero-order valence-corrected chi connectivity index (χ0v) is 9.53. The fraction of sp³-hybridized carbons (Fsp3) is 0.250. The van der Waals surface area contributed by atoms with E-state index in [1.807, 2.05) is 0 Å². The molecule has 0 saturated carbocycles. The van der Waals surface area contributed by atoms with E-state index in [4.69, 9.17) is 39.5 Å². The smallest absolute Gasteiger partial charge is 0.407 e. The van der Waals surface area contributed by atoms with Crippen molar-refractivity contribution in [2.45, 2.75) is 6.04 Å². The molecule has 0 spiro atoms. The number of cyclic esters (lactones) is 1. The third-order valence-corrected chi connectivity index (χ3v) is 3.05. The molecule has 0 aromatic carbocycles. The maximum absolute atomic E-state index is 10.9. The van der Waals surface area contributed by atoms with Crippen LogP contribution in [0.5, 0.6) is 0 Å². The highest BCUT2D eigenvalue weighted by molar-refractivity contribution is 6.43. The molecule has 0 aliphatic carbocycles. The second-order valence-corrected chi connectivity index (χ2v) is 4.06. The average Bonchev–Trinajstić information content (AvgIpc) is 2.59. The first-order chi connectivity index (χ1) is 7.09. The summed E-state index contributed by atoms with van der Waals surface area (Å²) in [6, 6.07) is -0.377. The molecule has 1 N–H and O–H groups in total. The Morgan fingerprint density at radius 3 is 2.80 bits per heavy atom. The number of rotatable bonds is 1. The van der Waals surface area contributed by atoms with Crippen molar-refractivity contribution < 1.29 is 9.53 Å². The summed E-state index contributed by atoms with van der Waals surface area (Å²) in [5.74, 6) is 0. The van der Waals surface area contributed by atoms with Gasteiger partial charge in [0.15, 0.2) is 0 Å². The number of hydrogen-bond donors (Lipinski definition) is 1. The molecule has 1 aliphatic heterocycles. The molecule has 0 bridgehead atoms. The van der Waals surface area contributed by atoms with Gasteiger partial charge in [0, 0.05) is 11.8 Å². The van der Waals surface area contributed by atoms with E-state index < -0.39 is 6.09 Å². The predicted molar refractivity (Wildman–Crippen MR) is 56.5 cm³/mol. The van der Waals surface area contributed by atoms with E-state index in [0.717, 1.165) is 0 Å². The van der Waals surface area contributed by atoms with Crippen LogP contribution in [0.25, 0.3) is 0 Å². The first-order valence-electron chi connectivity index (χ1n) is 4.02. The summed E-state index contributed by atoms with van der Waals surface area (Å²) in [5, 5.41) is 3.30. The summed E-state index contributed by atoms with van der Waals surface area (Å²) in [6.07, 6.45) is 0.885. The van der Waals surface area contributed by atoms with Crippen LogP contribution in [0.1, 0.15) is 11.6 Å². The number of carbonyl (C=O) groups is 1. The van der Waals surface area contributed by atoms with Crippen LogP contribution in [0.15, 0.2) is 6.20 Å². The predicted octanol–water partition coefficient (Wildman–Crippen LogP) is 2.82. The standard InChI is InChI=1S/C8H5Cl3N2O2/c9-3-1-12-7(11)6(10)5(3)4-2-15-8(14)13-4/h1,4H,2H2,(H,13,14)/t4-/m1/s1. The van der Waals surface area contributed by atoms with Gasteiger partial charge in [0.05, 0.1) is 16.1 Å². The average molecular weight is 267 g/mol. The van der Waals surface area contributed by atoms with E-state index in [2.05, 4.69) is 10.3 Å². The quantitative estimate of drug-likeness (QED) is 0.796. The van der Waals surface area contributed by atoms with Gasteiger partial charge in [-0.25, -0.2) is 9.78 Å². The molecule has 7 heteroatoms. The fourth-order valence-corrected chi connectivity index (χ4v) is 2.07. The molecule has 80 valence electrons. The molecular formula is C8H5Cl3N2O2. The van der Waals surface area contributed by atoms with E-state index in [0.29, 0.717) is 10.6 Å². The van der Waals surface area contributed by atoms with Gasteiger partial charge in [-0.1, -0.05) is 34.8 Å². The third-order valence-electron chi connectivity index (χ3n) is 1.99. The number of amides is 1. The summed E-state index contributed by atoms with van der Waals surface area (Å²) in [6.45, 7) is 0.179. The number of aromatic nitrogens is 1. The minimum Gasteiger partial charge on any atom is -0.447 e. The van der Waals surface area contributed by atoms with Crippen molar-refractivity contribution in [3.05, 3.63) is 27.0 Å². The van der Waals surface area contributed by atoms with Crippen LogP contribution < -0.4 is 5.32 Å². The van der Waals surface area contributed by atoms with Gasteiger partial charge in [-0.15, -0.1) is 0 Å². The SMILES string of the molecule is O=C1N[C@@H](c2c(Cl)cnc(Cl)c2Cl)CO1. The lowest BCUT2D eigenvalue weighted by atomic mass is 10.1. The van der Waals surface area contributed by atoms with Crippen molar-refractivity contribution in [1.29, 1.82) is 0 Å². The largest absolute Gasteiger partial charge is 0.447 e. The van der Waals surface area contributed by atoms with Crippen LogP contribution in [0.2, 0.25) is 15.2 Å². The van der Waals surface area contributed by atoms with Crippen molar-refractivity contribution in [3.63, 3.8) is 0 Å². The molecule has 2 rings (SSSR count). The first-order valence-corrected chi connectivity index (χ1v) is 5.15. The zero-order valence-electron chi connectivity index (χ0n) is 7.26. The van der Waals surface area contributed by atoms with Crippen LogP contribution >= 0.6 is 34.8 Å². The Balaban J connectivity index is 2.43. The van der Waals surface area contributed by atoms with Crippen molar-refractivity contribution in [2.24, 2.45) is 0 Å². The van der Waals surface area contributed by atoms with Crippen LogP contribution in [0, 0.1) is 0 Å². The highest BCUT2D eigenvalue weighted by Gasteiger charge is 2.28. The molecule has 4 nitrogen and oxygen atoms in total. The molecule has 1 aromatic heterocycles. The van der Waals surface area contributed by atoms with Gasteiger partial charge in [-0.05, 0) is 0 Å². The van der Waals surface area contributed by atoms with Crippen molar-refractivity contribution in [1.82, 2.24) is 10.3 Å². The number of pyridine rings is 1. The maximum Gasteiger partial charge on any atom is 0.407 e. The van der Waals surface area contributed by atoms with Gasteiger partial charge >= 0.3 is 6.09 Å². The molecule has 1 fully saturated rings. The molecule has 2 heterocycles. The van der Waals surface area contributed by atoms with Gasteiger partial charge in [-0.2, -0.15) is 0 Å². The van der Waals surface area contributed by atoms with E-state index in [1.165, 1.54) is 6.20 Å². The minimum atomic E-state index is -0.500. The summed E-state index contributed by atoms with van der Waals surface area (Å²) < 4.78 is 4.74. The molecule has 1 saturated heterocycles. The molecule has 1 atom stereocenters. The lowest BCUT2D eigenvalue weighted by Crippen LogP contribution is -2.19. The van der Waals surface area contributed by atoms with Crippen LogP contribution in [-0.2, 0) is 4.74 Å². The van der Waals surface area contributed by atoms with Gasteiger partial charge in [0.2, 0.25) is 0 Å². The molecular weight excluding hydrogens is 262 g/mol. The van der Waals surface area contributed by atoms with Gasteiger partial charge in [-0.3, -0.25) is 0 Å². The van der Waals surface area contributed by atoms with E-state index in [1.54, 1.807) is 0 Å². The Labute approximate surface area is 100 Å². The maximum atomic E-state index is 10.9. The second-order valence-electron chi connectivity index (χ2n) is 2.92. The summed E-state index contributed by atoms with van der Waals surface area (Å²) in [5.41, 5.74) is 0.532. The van der Waals surface area contributed by atoms with Gasteiger partial charge in [0.25, 0.3) is 0 Å². The first kappa shape index (κ1) is 10.8. The topological polar surface area (TPSA) is 51.2 Å². The highest BCUT2D eigenvalue weighted by atomic mass is 35.5. The lowest BCUT2D eigenvalue weighted by molar-refractivity contribution is 0.177. The van der Waals surface area contributed by atoms with Gasteiger partial charge < -0.3 is 10.1 Å². The molecule has 1 aliphatic rings. The number of alkyl carbamates (subject to hydrolysis) is 1. The number of hydrogen-bond acceptors (Lipinski definition) is 3. The van der Waals surface area contributed by atoms with Gasteiger partial charge in [0.1, 0.15) is 11.8 Å². The number of ether oxygens (including phenoxy) is 1. The van der Waals surface area contributed by atoms with Crippen LogP contribution in [0.4, 0.5) is 4.79 Å². The Morgan fingerprint density at radius 1 is 1.47 bits per heavy atom. The molecule has 15 heavy (non-hydrogen) atoms. The second kappa shape index (κ2) is 4.04. The number of carbonyl (C=O) groups excluding carboxylic acids is 1. The van der Waals surface area contributed by atoms with Crippen LogP contribution in [-0.4, -0.2) is 17.7 Å². The molecule has 1 aromatic rings. The highest BCUT2D eigenvalue weighted by Crippen LogP contribution is 2.35. The Hall–Kier alpha value is -0.710. The Bertz CT molecular complexity index is 425. The summed E-state index contributed by atoms with van der Waals surface area (Å²) in [7, 11) is 0. The normalized spacial score (nSPS) is 19.9. The number of nitrogens with zero attached hydrogens (tertiary/aromatic N) is 1. The third kappa shape index (κ3) is 1.97. The number of nitrogens with one attached hydrogen (secondary N) is 1. The molecule has 1 amide bonds. The van der Waals surface area contributed by atoms with E-state index in [-0.39, 0.29) is 22.8 Å². The summed E-state index contributed by atoms with van der Waals surface area (Å²) in [4.78, 5) is 14.6. The van der Waals surface area contributed by atoms with E-state index in [9.17, 15) is 4.79 Å². The van der Waals surface area contributed by atoms with Crippen molar-refractivity contribution >= 4 is 40.9 Å². The summed E-state index contributed by atoms with van der Waals surface area (Å²) >= 11 is 17.6. The van der Waals surface area contributed by atoms with Crippen molar-refractivity contribution in [2.75, 3.05) is 6.61 Å². The van der Waals surface area contributed by atoms with Crippen LogP contribution in [0.3, 0.4) is 0 Å². The minimum absolute atomic E-state index is 0.150. The fourth-order valence-electron chi connectivity index (χ4n) is 1.32. The molecule has 0 radical (unpaired) electrons. The zero-order chi connectivity index (χ0) is 11.0. The Morgan fingerprint density at radius 2 is 2.20 bits per heavy atom. The monoisotopic (exact) mass is 266 g/mol.